The first-order chi connectivity index (χ1) is 12.1. The van der Waals surface area contributed by atoms with Crippen molar-refractivity contribution in [3.8, 4) is 5.75 Å². The van der Waals surface area contributed by atoms with Gasteiger partial charge < -0.3 is 14.1 Å². The normalized spacial score (nSPS) is 11.1. The maximum Gasteiger partial charge on any atom is 0.336 e. The molecule has 5 heteroatoms. The summed E-state index contributed by atoms with van der Waals surface area (Å²) in [5.74, 6) is 0.575. The highest BCUT2D eigenvalue weighted by atomic mass is 16.5. The van der Waals surface area contributed by atoms with Gasteiger partial charge in [-0.1, -0.05) is 18.2 Å². The molecular formula is C20H15NO4. The number of para-hydroxylation sites is 1. The van der Waals surface area contributed by atoms with Crippen LogP contribution in [0.4, 0.5) is 0 Å². The second-order valence-corrected chi connectivity index (χ2v) is 5.90. The minimum atomic E-state index is -0.386. The number of hydrogen-bond acceptors (Lipinski definition) is 4. The van der Waals surface area contributed by atoms with Gasteiger partial charge in [-0.2, -0.15) is 0 Å². The van der Waals surface area contributed by atoms with Crippen LogP contribution in [-0.4, -0.2) is 4.98 Å². The summed E-state index contributed by atoms with van der Waals surface area (Å²) < 4.78 is 11.1. The molecule has 5 nitrogen and oxygen atoms in total. The molecule has 124 valence electrons. The van der Waals surface area contributed by atoms with E-state index in [1.807, 2.05) is 43.3 Å². The Labute approximate surface area is 142 Å². The predicted octanol–water partition coefficient (Wildman–Crippen LogP) is 3.52. The Morgan fingerprint density at radius 2 is 1.84 bits per heavy atom. The van der Waals surface area contributed by atoms with Crippen LogP contribution in [0.5, 0.6) is 5.75 Å². The van der Waals surface area contributed by atoms with Gasteiger partial charge in [0.2, 0.25) is 5.56 Å². The van der Waals surface area contributed by atoms with Crippen molar-refractivity contribution in [2.24, 2.45) is 0 Å². The fourth-order valence-electron chi connectivity index (χ4n) is 2.95. The number of aromatic amines is 1. The first-order valence-corrected chi connectivity index (χ1v) is 7.88. The van der Waals surface area contributed by atoms with Crippen molar-refractivity contribution in [1.29, 1.82) is 0 Å². The zero-order chi connectivity index (χ0) is 17.4. The van der Waals surface area contributed by atoms with E-state index in [4.69, 9.17) is 9.15 Å². The lowest BCUT2D eigenvalue weighted by atomic mass is 10.1. The fraction of sp³-hybridized carbons (Fsp3) is 0.100. The molecule has 0 unspecified atom stereocenters. The van der Waals surface area contributed by atoms with Crippen molar-refractivity contribution in [1.82, 2.24) is 4.98 Å². The topological polar surface area (TPSA) is 72.3 Å². The maximum atomic E-state index is 11.8. The lowest BCUT2D eigenvalue weighted by Gasteiger charge is -2.09. The van der Waals surface area contributed by atoms with Crippen molar-refractivity contribution >= 4 is 21.9 Å². The highest BCUT2D eigenvalue weighted by Gasteiger charge is 2.07. The van der Waals surface area contributed by atoms with Gasteiger partial charge in [-0.05, 0) is 30.7 Å². The van der Waals surface area contributed by atoms with Crippen LogP contribution in [0.1, 0.15) is 11.1 Å². The number of benzene rings is 2. The molecule has 25 heavy (non-hydrogen) atoms. The van der Waals surface area contributed by atoms with Crippen LogP contribution in [0.15, 0.2) is 68.6 Å². The SMILES string of the molecule is Cc1cc(=O)oc2cc(OCc3cc(=O)[nH]c4ccccc34)ccc12. The molecule has 0 aliphatic heterocycles. The van der Waals surface area contributed by atoms with Crippen LogP contribution in [0.3, 0.4) is 0 Å². The summed E-state index contributed by atoms with van der Waals surface area (Å²) in [6.45, 7) is 2.11. The largest absolute Gasteiger partial charge is 0.489 e. The van der Waals surface area contributed by atoms with Crippen molar-refractivity contribution < 1.29 is 9.15 Å². The molecule has 4 aromatic rings. The van der Waals surface area contributed by atoms with E-state index in [9.17, 15) is 9.59 Å². The van der Waals surface area contributed by atoms with Crippen molar-refractivity contribution in [3.05, 3.63) is 86.5 Å². The summed E-state index contributed by atoms with van der Waals surface area (Å²) in [5, 5.41) is 1.80. The minimum Gasteiger partial charge on any atom is -0.489 e. The summed E-state index contributed by atoms with van der Waals surface area (Å²) >= 11 is 0. The number of hydrogen-bond donors (Lipinski definition) is 1. The van der Waals surface area contributed by atoms with Crippen LogP contribution < -0.4 is 15.9 Å². The number of ether oxygens (including phenoxy) is 1. The number of aromatic nitrogens is 1. The molecule has 0 aliphatic rings. The summed E-state index contributed by atoms with van der Waals surface area (Å²) in [5.41, 5.74) is 2.36. The summed E-state index contributed by atoms with van der Waals surface area (Å²) in [6.07, 6.45) is 0. The van der Waals surface area contributed by atoms with Gasteiger partial charge in [0.1, 0.15) is 17.9 Å². The quantitative estimate of drug-likeness (QED) is 0.582. The molecule has 4 rings (SSSR count). The first-order valence-electron chi connectivity index (χ1n) is 7.88. The smallest absolute Gasteiger partial charge is 0.336 e. The Morgan fingerprint density at radius 1 is 1.00 bits per heavy atom. The first kappa shape index (κ1) is 15.2. The second-order valence-electron chi connectivity index (χ2n) is 5.90. The van der Waals surface area contributed by atoms with Gasteiger partial charge >= 0.3 is 5.63 Å². The monoisotopic (exact) mass is 333 g/mol. The van der Waals surface area contributed by atoms with Crippen LogP contribution in [0.25, 0.3) is 21.9 Å². The Balaban J connectivity index is 1.69. The molecule has 2 aromatic heterocycles. The van der Waals surface area contributed by atoms with Gasteiger partial charge in [0.15, 0.2) is 0 Å². The number of aryl methyl sites for hydroxylation is 1. The third-order valence-electron chi connectivity index (χ3n) is 4.15. The summed E-state index contributed by atoms with van der Waals surface area (Å²) in [7, 11) is 0. The van der Waals surface area contributed by atoms with Crippen LogP contribution in [0.2, 0.25) is 0 Å². The highest BCUT2D eigenvalue weighted by Crippen LogP contribution is 2.23. The summed E-state index contributed by atoms with van der Waals surface area (Å²) in [4.78, 5) is 26.1. The molecular weight excluding hydrogens is 318 g/mol. The van der Waals surface area contributed by atoms with E-state index in [0.717, 1.165) is 27.4 Å². The standard InChI is InChI=1S/C20H15NO4/c1-12-8-20(23)25-18-10-14(6-7-15(12)18)24-11-13-9-19(22)21-17-5-3-2-4-16(13)17/h2-10H,11H2,1H3,(H,21,22). The lowest BCUT2D eigenvalue weighted by Crippen LogP contribution is -2.08. The Kier molecular flexibility index (Phi) is 3.61. The second kappa shape index (κ2) is 5.94. The van der Waals surface area contributed by atoms with E-state index in [1.54, 1.807) is 6.07 Å². The molecule has 1 N–H and O–H groups in total. The average Bonchev–Trinajstić information content (AvgIpc) is 2.59. The number of pyridine rings is 1. The van der Waals surface area contributed by atoms with E-state index in [2.05, 4.69) is 4.98 Å². The molecule has 0 atom stereocenters. The molecule has 2 heterocycles. The third kappa shape index (κ3) is 2.92. The maximum absolute atomic E-state index is 11.8. The Morgan fingerprint density at radius 3 is 2.72 bits per heavy atom. The molecule has 2 aromatic carbocycles. The number of nitrogens with one attached hydrogen (secondary N) is 1. The highest BCUT2D eigenvalue weighted by molar-refractivity contribution is 5.82. The number of rotatable bonds is 3. The Bertz CT molecular complexity index is 1200. The van der Waals surface area contributed by atoms with Gasteiger partial charge in [-0.3, -0.25) is 4.79 Å². The number of fused-ring (bicyclic) bond motifs is 2. The third-order valence-corrected chi connectivity index (χ3v) is 4.15. The van der Waals surface area contributed by atoms with Crippen molar-refractivity contribution in [2.45, 2.75) is 13.5 Å². The fourth-order valence-corrected chi connectivity index (χ4v) is 2.95. The molecule has 0 radical (unpaired) electrons. The lowest BCUT2D eigenvalue weighted by molar-refractivity contribution is 0.307. The van der Waals surface area contributed by atoms with Crippen molar-refractivity contribution in [2.75, 3.05) is 0 Å². The van der Waals surface area contributed by atoms with E-state index in [-0.39, 0.29) is 17.8 Å². The van der Waals surface area contributed by atoms with Crippen LogP contribution >= 0.6 is 0 Å². The van der Waals surface area contributed by atoms with E-state index < -0.39 is 0 Å². The summed E-state index contributed by atoms with van der Waals surface area (Å²) in [6, 6.07) is 16.0. The molecule has 0 aliphatic carbocycles. The predicted molar refractivity (Wildman–Crippen MR) is 96.1 cm³/mol. The van der Waals surface area contributed by atoms with Crippen LogP contribution in [0, 0.1) is 6.92 Å². The molecule has 0 bridgehead atoms. The zero-order valence-corrected chi connectivity index (χ0v) is 13.5. The zero-order valence-electron chi connectivity index (χ0n) is 13.5. The molecule has 0 saturated carbocycles. The number of H-pyrrole nitrogens is 1. The van der Waals surface area contributed by atoms with Gasteiger partial charge in [0.25, 0.3) is 0 Å². The molecule has 0 amide bonds. The molecule has 0 saturated heterocycles. The van der Waals surface area contributed by atoms with E-state index >= 15 is 0 Å². The van der Waals surface area contributed by atoms with Crippen LogP contribution in [-0.2, 0) is 6.61 Å². The molecule has 0 fully saturated rings. The Hall–Kier alpha value is -3.34. The van der Waals surface area contributed by atoms with Gasteiger partial charge in [-0.25, -0.2) is 4.79 Å². The average molecular weight is 333 g/mol. The van der Waals surface area contributed by atoms with E-state index in [1.165, 1.54) is 12.1 Å². The minimum absolute atomic E-state index is 0.169. The van der Waals surface area contributed by atoms with Gasteiger partial charge in [0.05, 0.1) is 0 Å². The van der Waals surface area contributed by atoms with E-state index in [0.29, 0.717) is 11.3 Å². The van der Waals surface area contributed by atoms with Gasteiger partial charge in [0, 0.05) is 40.1 Å². The molecule has 0 spiro atoms. The van der Waals surface area contributed by atoms with Gasteiger partial charge in [-0.15, -0.1) is 0 Å². The van der Waals surface area contributed by atoms with Crippen molar-refractivity contribution in [3.63, 3.8) is 0 Å².